The topological polar surface area (TPSA) is 70.4 Å². The molecule has 20 heavy (non-hydrogen) atoms. The van der Waals surface area contributed by atoms with Crippen molar-refractivity contribution in [2.45, 2.75) is 20.4 Å². The molecule has 0 aromatic carbocycles. The van der Waals surface area contributed by atoms with Gasteiger partial charge in [0, 0.05) is 38.6 Å². The minimum absolute atomic E-state index is 0. The van der Waals surface area contributed by atoms with Crippen LogP contribution in [0, 0.1) is 0 Å². The third kappa shape index (κ3) is 8.03. The Balaban J connectivity index is 0.00000361. The van der Waals surface area contributed by atoms with Crippen molar-refractivity contribution in [2.24, 2.45) is 4.99 Å². The van der Waals surface area contributed by atoms with E-state index in [-0.39, 0.29) is 36.4 Å². The predicted octanol–water partition coefficient (Wildman–Crippen LogP) is 0.797. The summed E-state index contributed by atoms with van der Waals surface area (Å²) in [6.07, 6.45) is 4.03. The largest absolute Gasteiger partial charge is 0.357 e. The molecule has 0 saturated carbocycles. The van der Waals surface area contributed by atoms with E-state index in [4.69, 9.17) is 0 Å². The highest BCUT2D eigenvalue weighted by Gasteiger charge is 2.00. The molecule has 0 atom stereocenters. The van der Waals surface area contributed by atoms with E-state index >= 15 is 0 Å². The molecule has 0 aliphatic carbocycles. The second-order valence-electron chi connectivity index (χ2n) is 4.00. The standard InChI is InChI=1S/C13H23N5O.HI/c1-3-14-12(19)11-17-13(15-4-2)16-7-10-18-8-5-6-9-18;/h5-6,8-9H,3-4,7,10-11H2,1-2H3,(H,14,19)(H2,15,16,17);1H. The number of guanidine groups is 1. The molecule has 1 rings (SSSR count). The highest BCUT2D eigenvalue weighted by Crippen LogP contribution is 1.88. The summed E-state index contributed by atoms with van der Waals surface area (Å²) in [7, 11) is 0. The van der Waals surface area contributed by atoms with Gasteiger partial charge in [-0.1, -0.05) is 0 Å². The van der Waals surface area contributed by atoms with Crippen LogP contribution in [-0.2, 0) is 11.3 Å². The van der Waals surface area contributed by atoms with Crippen molar-refractivity contribution in [1.29, 1.82) is 0 Å². The van der Waals surface area contributed by atoms with Gasteiger partial charge in [0.05, 0.1) is 0 Å². The summed E-state index contributed by atoms with van der Waals surface area (Å²) in [6.45, 7) is 7.05. The van der Waals surface area contributed by atoms with Gasteiger partial charge in [-0.2, -0.15) is 0 Å². The maximum absolute atomic E-state index is 11.3. The van der Waals surface area contributed by atoms with Crippen molar-refractivity contribution in [3.63, 3.8) is 0 Å². The van der Waals surface area contributed by atoms with Crippen molar-refractivity contribution < 1.29 is 4.79 Å². The zero-order valence-corrected chi connectivity index (χ0v) is 14.4. The summed E-state index contributed by atoms with van der Waals surface area (Å²) in [6, 6.07) is 3.99. The molecule has 0 aliphatic rings. The lowest BCUT2D eigenvalue weighted by molar-refractivity contribution is -0.119. The number of aromatic nitrogens is 1. The molecule has 0 bridgehead atoms. The molecule has 7 heteroatoms. The van der Waals surface area contributed by atoms with Crippen LogP contribution in [0.3, 0.4) is 0 Å². The molecule has 0 spiro atoms. The van der Waals surface area contributed by atoms with Gasteiger partial charge in [-0.25, -0.2) is 4.99 Å². The number of nitrogens with zero attached hydrogens (tertiary/aromatic N) is 2. The zero-order valence-electron chi connectivity index (χ0n) is 12.1. The van der Waals surface area contributed by atoms with Crippen molar-refractivity contribution >= 4 is 35.8 Å². The van der Waals surface area contributed by atoms with Crippen LogP contribution in [0.4, 0.5) is 0 Å². The molecule has 6 nitrogen and oxygen atoms in total. The molecule has 0 unspecified atom stereocenters. The molecule has 1 amide bonds. The molecular formula is C13H24IN5O. The highest BCUT2D eigenvalue weighted by atomic mass is 127. The molecular weight excluding hydrogens is 369 g/mol. The minimum Gasteiger partial charge on any atom is -0.357 e. The van der Waals surface area contributed by atoms with Crippen molar-refractivity contribution in [3.8, 4) is 0 Å². The average molecular weight is 393 g/mol. The van der Waals surface area contributed by atoms with E-state index in [1.165, 1.54) is 0 Å². The second-order valence-corrected chi connectivity index (χ2v) is 4.00. The Labute approximate surface area is 137 Å². The van der Waals surface area contributed by atoms with Gasteiger partial charge in [-0.3, -0.25) is 4.79 Å². The quantitative estimate of drug-likeness (QED) is 0.365. The van der Waals surface area contributed by atoms with Crippen LogP contribution in [0.15, 0.2) is 29.5 Å². The summed E-state index contributed by atoms with van der Waals surface area (Å²) in [4.78, 5) is 15.6. The summed E-state index contributed by atoms with van der Waals surface area (Å²) in [5.41, 5.74) is 0. The number of carbonyl (C=O) groups is 1. The number of carbonyl (C=O) groups excluding carboxylic acids is 1. The minimum atomic E-state index is -0.0647. The Kier molecular flexibility index (Phi) is 10.8. The van der Waals surface area contributed by atoms with Gasteiger partial charge in [0.2, 0.25) is 5.91 Å². The van der Waals surface area contributed by atoms with Crippen molar-refractivity contribution in [3.05, 3.63) is 24.5 Å². The lowest BCUT2D eigenvalue weighted by Gasteiger charge is -2.11. The molecule has 0 fully saturated rings. The van der Waals surface area contributed by atoms with Crippen LogP contribution in [-0.4, -0.2) is 42.6 Å². The fourth-order valence-electron chi connectivity index (χ4n) is 1.57. The predicted molar refractivity (Wildman–Crippen MR) is 92.5 cm³/mol. The van der Waals surface area contributed by atoms with Gasteiger partial charge in [0.1, 0.15) is 6.54 Å². The van der Waals surface area contributed by atoms with Crippen LogP contribution in [0.1, 0.15) is 13.8 Å². The summed E-state index contributed by atoms with van der Waals surface area (Å²) >= 11 is 0. The fraction of sp³-hybridized carbons (Fsp3) is 0.538. The first-order valence-corrected chi connectivity index (χ1v) is 6.66. The van der Waals surface area contributed by atoms with Gasteiger partial charge in [0.25, 0.3) is 0 Å². The Hall–Kier alpha value is -1.25. The normalized spacial score (nSPS) is 10.6. The summed E-state index contributed by atoms with van der Waals surface area (Å²) in [5, 5.41) is 9.02. The van der Waals surface area contributed by atoms with Crippen LogP contribution in [0.2, 0.25) is 0 Å². The molecule has 0 radical (unpaired) electrons. The number of hydrogen-bond donors (Lipinski definition) is 3. The molecule has 1 aromatic rings. The van der Waals surface area contributed by atoms with Gasteiger partial charge >= 0.3 is 0 Å². The van der Waals surface area contributed by atoms with Crippen LogP contribution >= 0.6 is 24.0 Å². The van der Waals surface area contributed by atoms with E-state index < -0.39 is 0 Å². The first-order chi connectivity index (χ1) is 9.26. The monoisotopic (exact) mass is 393 g/mol. The Morgan fingerprint density at radius 3 is 2.35 bits per heavy atom. The van der Waals surface area contributed by atoms with E-state index in [0.717, 1.165) is 19.6 Å². The Morgan fingerprint density at radius 2 is 1.75 bits per heavy atom. The smallest absolute Gasteiger partial charge is 0.241 e. The summed E-state index contributed by atoms with van der Waals surface area (Å²) < 4.78 is 2.08. The van der Waals surface area contributed by atoms with Crippen LogP contribution in [0.5, 0.6) is 0 Å². The van der Waals surface area contributed by atoms with E-state index in [0.29, 0.717) is 12.5 Å². The molecule has 1 heterocycles. The third-order valence-corrected chi connectivity index (χ3v) is 2.43. The molecule has 3 N–H and O–H groups in total. The maximum Gasteiger partial charge on any atom is 0.241 e. The molecule has 0 aliphatic heterocycles. The second kappa shape index (κ2) is 11.6. The maximum atomic E-state index is 11.3. The van der Waals surface area contributed by atoms with E-state index in [2.05, 4.69) is 25.5 Å². The van der Waals surface area contributed by atoms with Gasteiger partial charge in [0.15, 0.2) is 5.96 Å². The SMILES string of the molecule is CCNC(=O)CN=C(NCC)NCCn1cccc1.I. The molecule has 114 valence electrons. The summed E-state index contributed by atoms with van der Waals surface area (Å²) in [5.74, 6) is 0.603. The average Bonchev–Trinajstić information content (AvgIpc) is 2.89. The zero-order chi connectivity index (χ0) is 13.9. The van der Waals surface area contributed by atoms with E-state index in [1.54, 1.807) is 0 Å². The van der Waals surface area contributed by atoms with Crippen molar-refractivity contribution in [1.82, 2.24) is 20.5 Å². The highest BCUT2D eigenvalue weighted by molar-refractivity contribution is 14.0. The third-order valence-electron chi connectivity index (χ3n) is 2.43. The lowest BCUT2D eigenvalue weighted by atomic mass is 10.5. The first-order valence-electron chi connectivity index (χ1n) is 6.66. The van der Waals surface area contributed by atoms with Gasteiger partial charge in [-0.05, 0) is 26.0 Å². The van der Waals surface area contributed by atoms with Gasteiger partial charge < -0.3 is 20.5 Å². The number of likely N-dealkylation sites (N-methyl/N-ethyl adjacent to an activating group) is 1. The molecule has 1 aromatic heterocycles. The van der Waals surface area contributed by atoms with Crippen LogP contribution in [0.25, 0.3) is 0 Å². The number of nitrogens with one attached hydrogen (secondary N) is 3. The molecule has 0 saturated heterocycles. The fourth-order valence-corrected chi connectivity index (χ4v) is 1.57. The number of halogens is 1. The van der Waals surface area contributed by atoms with Gasteiger partial charge in [-0.15, -0.1) is 24.0 Å². The number of rotatable bonds is 7. The first kappa shape index (κ1) is 18.8. The Bertz CT molecular complexity index is 391. The number of amides is 1. The van der Waals surface area contributed by atoms with Crippen LogP contribution < -0.4 is 16.0 Å². The number of aliphatic imine (C=N–C) groups is 1. The van der Waals surface area contributed by atoms with Crippen molar-refractivity contribution in [2.75, 3.05) is 26.2 Å². The van der Waals surface area contributed by atoms with E-state index in [1.807, 2.05) is 38.4 Å². The number of hydrogen-bond acceptors (Lipinski definition) is 2. The Morgan fingerprint density at radius 1 is 1.10 bits per heavy atom. The lowest BCUT2D eigenvalue weighted by Crippen LogP contribution is -2.39. The van der Waals surface area contributed by atoms with E-state index in [9.17, 15) is 4.79 Å².